The summed E-state index contributed by atoms with van der Waals surface area (Å²) in [5.41, 5.74) is 0.650. The summed E-state index contributed by atoms with van der Waals surface area (Å²) in [5, 5.41) is 14.2. The van der Waals surface area contributed by atoms with Crippen LogP contribution in [0.3, 0.4) is 0 Å². The second-order valence-electron chi connectivity index (χ2n) is 7.31. The number of carboxylic acids is 1. The van der Waals surface area contributed by atoms with Crippen LogP contribution in [-0.4, -0.2) is 27.0 Å². The lowest BCUT2D eigenvalue weighted by Crippen LogP contribution is -2.21. The first kappa shape index (κ1) is 28.9. The topological polar surface area (TPSA) is 76.4 Å². The highest BCUT2D eigenvalue weighted by molar-refractivity contribution is 6.30. The van der Waals surface area contributed by atoms with Crippen molar-refractivity contribution in [2.45, 2.75) is 32.4 Å². The van der Waals surface area contributed by atoms with Crippen LogP contribution in [0, 0.1) is 12.7 Å². The second-order valence-corrected chi connectivity index (χ2v) is 7.75. The second kappa shape index (κ2) is 11.6. The molecule has 0 fully saturated rings. The Labute approximate surface area is 205 Å². The van der Waals surface area contributed by atoms with E-state index in [-0.39, 0.29) is 12.4 Å². The molecule has 196 valence electrons. The van der Waals surface area contributed by atoms with Crippen molar-refractivity contribution in [1.29, 1.82) is 0 Å². The van der Waals surface area contributed by atoms with Crippen LogP contribution in [0.15, 0.2) is 42.5 Å². The highest BCUT2D eigenvalue weighted by atomic mass is 35.5. The Morgan fingerprint density at radius 1 is 1.08 bits per heavy atom. The molecule has 0 unspecified atom stereocenters. The van der Waals surface area contributed by atoms with Crippen LogP contribution < -0.4 is 10.1 Å². The van der Waals surface area contributed by atoms with Crippen molar-refractivity contribution < 1.29 is 45.4 Å². The summed E-state index contributed by atoms with van der Waals surface area (Å²) < 4.78 is 90.5. The zero-order valence-electron chi connectivity index (χ0n) is 18.6. The monoisotopic (exact) mass is 541 g/mol. The normalized spacial score (nSPS) is 11.6. The van der Waals surface area contributed by atoms with Gasteiger partial charge < -0.3 is 15.2 Å². The molecule has 14 heteroatoms. The first-order valence-corrected chi connectivity index (χ1v) is 10.3. The molecule has 3 rings (SSSR count). The summed E-state index contributed by atoms with van der Waals surface area (Å²) in [6, 6.07) is 10.5. The van der Waals surface area contributed by atoms with Gasteiger partial charge in [0.25, 0.3) is 0 Å². The number of benzene rings is 2. The summed E-state index contributed by atoms with van der Waals surface area (Å²) in [6.07, 6.45) is -9.57. The zero-order chi connectivity index (χ0) is 27.3. The Balaban J connectivity index is 0.000000572. The van der Waals surface area contributed by atoms with Gasteiger partial charge in [0.15, 0.2) is 5.69 Å². The van der Waals surface area contributed by atoms with Crippen LogP contribution in [-0.2, 0) is 31.1 Å². The van der Waals surface area contributed by atoms with E-state index in [1.807, 2.05) is 0 Å². The maximum Gasteiger partial charge on any atom is 0.490 e. The molecule has 0 bridgehead atoms. The van der Waals surface area contributed by atoms with Crippen LogP contribution in [0.25, 0.3) is 0 Å². The van der Waals surface area contributed by atoms with E-state index in [2.05, 4.69) is 10.4 Å². The summed E-state index contributed by atoms with van der Waals surface area (Å²) in [5.74, 6) is -2.17. The summed E-state index contributed by atoms with van der Waals surface area (Å²) >= 11 is 6.06. The number of halogens is 8. The average molecular weight is 542 g/mol. The van der Waals surface area contributed by atoms with Gasteiger partial charge in [0.05, 0.1) is 5.69 Å². The molecule has 0 amide bonds. The molecule has 2 N–H and O–H groups in total. The van der Waals surface area contributed by atoms with Crippen LogP contribution >= 0.6 is 11.6 Å². The number of aliphatic carboxylic acids is 1. The van der Waals surface area contributed by atoms with Gasteiger partial charge in [0.2, 0.25) is 0 Å². The predicted octanol–water partition coefficient (Wildman–Crippen LogP) is 6.26. The standard InChI is InChI=1S/C20H18ClF4N3O.C2HF3O2/c1-12-7-16(5-6-17(12)22)29-18-8-14(21)4-3-13(18)10-26-11-15-9-19(20(23,24)25)27-28(15)2;3-2(4,5)1(6)7/h3-9,26H,10-11H2,1-2H3;(H,6,7). The molecule has 36 heavy (non-hydrogen) atoms. The van der Waals surface area contributed by atoms with Crippen molar-refractivity contribution in [3.05, 3.63) is 75.8 Å². The number of ether oxygens (including phenoxy) is 1. The van der Waals surface area contributed by atoms with Crippen LogP contribution in [0.5, 0.6) is 11.5 Å². The molecule has 6 nitrogen and oxygen atoms in total. The Morgan fingerprint density at radius 3 is 2.25 bits per heavy atom. The lowest BCUT2D eigenvalue weighted by atomic mass is 10.2. The molecule has 0 saturated carbocycles. The third kappa shape index (κ3) is 8.41. The minimum Gasteiger partial charge on any atom is -0.475 e. The molecule has 0 atom stereocenters. The van der Waals surface area contributed by atoms with Crippen molar-refractivity contribution in [2.75, 3.05) is 0 Å². The van der Waals surface area contributed by atoms with E-state index in [9.17, 15) is 30.7 Å². The summed E-state index contributed by atoms with van der Waals surface area (Å²) in [6.45, 7) is 2.13. The molecule has 0 radical (unpaired) electrons. The van der Waals surface area contributed by atoms with E-state index >= 15 is 0 Å². The molecular formula is C22H19ClF7N3O3. The molecule has 0 aliphatic heterocycles. The Bertz CT molecular complexity index is 1210. The number of nitrogens with zero attached hydrogens (tertiary/aromatic N) is 2. The van der Waals surface area contributed by atoms with Gasteiger partial charge in [-0.25, -0.2) is 9.18 Å². The van der Waals surface area contributed by atoms with Gasteiger partial charge >= 0.3 is 18.3 Å². The third-order valence-electron chi connectivity index (χ3n) is 4.52. The predicted molar refractivity (Wildman–Crippen MR) is 115 cm³/mol. The van der Waals surface area contributed by atoms with E-state index in [0.717, 1.165) is 11.6 Å². The number of alkyl halides is 6. The number of aromatic nitrogens is 2. The molecule has 1 aromatic heterocycles. The van der Waals surface area contributed by atoms with Crippen LogP contribution in [0.2, 0.25) is 5.02 Å². The van der Waals surface area contributed by atoms with Gasteiger partial charge in [-0.2, -0.15) is 31.4 Å². The van der Waals surface area contributed by atoms with Crippen molar-refractivity contribution in [2.24, 2.45) is 7.05 Å². The van der Waals surface area contributed by atoms with Gasteiger partial charge in [-0.05, 0) is 48.9 Å². The maximum atomic E-state index is 13.5. The number of aryl methyl sites for hydroxylation is 2. The minimum absolute atomic E-state index is 0.178. The highest BCUT2D eigenvalue weighted by Crippen LogP contribution is 2.30. The van der Waals surface area contributed by atoms with E-state index in [4.69, 9.17) is 26.2 Å². The van der Waals surface area contributed by atoms with Crippen molar-refractivity contribution >= 4 is 17.6 Å². The van der Waals surface area contributed by atoms with Crippen molar-refractivity contribution in [1.82, 2.24) is 15.1 Å². The van der Waals surface area contributed by atoms with Crippen LogP contribution in [0.4, 0.5) is 30.7 Å². The first-order valence-electron chi connectivity index (χ1n) is 9.91. The lowest BCUT2D eigenvalue weighted by Gasteiger charge is -2.13. The molecule has 0 aliphatic rings. The zero-order valence-corrected chi connectivity index (χ0v) is 19.4. The molecule has 0 saturated heterocycles. The maximum absolute atomic E-state index is 13.5. The molecule has 3 aromatic rings. The smallest absolute Gasteiger partial charge is 0.475 e. The molecule has 0 spiro atoms. The minimum atomic E-state index is -5.08. The third-order valence-corrected chi connectivity index (χ3v) is 4.75. The van der Waals surface area contributed by atoms with Gasteiger partial charge in [0.1, 0.15) is 17.3 Å². The quantitative estimate of drug-likeness (QED) is 0.361. The van der Waals surface area contributed by atoms with E-state index in [0.29, 0.717) is 34.3 Å². The Morgan fingerprint density at radius 2 is 1.72 bits per heavy atom. The highest BCUT2D eigenvalue weighted by Gasteiger charge is 2.38. The molecule has 2 aromatic carbocycles. The fourth-order valence-corrected chi connectivity index (χ4v) is 2.87. The fraction of sp³-hybridized carbons (Fsp3) is 0.273. The summed E-state index contributed by atoms with van der Waals surface area (Å²) in [4.78, 5) is 8.90. The molecular weight excluding hydrogens is 523 g/mol. The largest absolute Gasteiger partial charge is 0.490 e. The number of hydrogen-bond acceptors (Lipinski definition) is 4. The summed E-state index contributed by atoms with van der Waals surface area (Å²) in [7, 11) is 1.46. The van der Waals surface area contributed by atoms with E-state index in [1.54, 1.807) is 31.2 Å². The van der Waals surface area contributed by atoms with Crippen LogP contribution in [0.1, 0.15) is 22.5 Å². The fourth-order valence-electron chi connectivity index (χ4n) is 2.71. The first-order chi connectivity index (χ1) is 16.6. The SMILES string of the molecule is Cc1cc(Oc2cc(Cl)ccc2CNCc2cc(C(F)(F)F)nn2C)ccc1F.O=C(O)C(F)(F)F. The average Bonchev–Trinajstić information content (AvgIpc) is 3.13. The van der Waals surface area contributed by atoms with Crippen molar-refractivity contribution in [3.8, 4) is 11.5 Å². The molecule has 0 aliphatic carbocycles. The number of rotatable bonds is 6. The number of nitrogens with one attached hydrogen (secondary N) is 1. The van der Waals surface area contributed by atoms with Gasteiger partial charge in [-0.3, -0.25) is 4.68 Å². The number of carbonyl (C=O) groups is 1. The Kier molecular flexibility index (Phi) is 9.32. The molecule has 1 heterocycles. The van der Waals surface area contributed by atoms with E-state index in [1.165, 1.54) is 23.9 Å². The Hall–Kier alpha value is -3.32. The number of hydrogen-bond donors (Lipinski definition) is 2. The van der Waals surface area contributed by atoms with Gasteiger partial charge in [-0.1, -0.05) is 17.7 Å². The lowest BCUT2D eigenvalue weighted by molar-refractivity contribution is -0.192. The van der Waals surface area contributed by atoms with E-state index < -0.39 is 24.0 Å². The van der Waals surface area contributed by atoms with Crippen molar-refractivity contribution in [3.63, 3.8) is 0 Å². The number of carboxylic acid groups (broad SMARTS) is 1. The van der Waals surface area contributed by atoms with Gasteiger partial charge in [-0.15, -0.1) is 0 Å². The van der Waals surface area contributed by atoms with Gasteiger partial charge in [0, 0.05) is 30.7 Å².